The van der Waals surface area contributed by atoms with Crippen LogP contribution in [-0.2, 0) is 9.53 Å². The van der Waals surface area contributed by atoms with Crippen molar-refractivity contribution >= 4 is 5.97 Å². The van der Waals surface area contributed by atoms with Crippen LogP contribution in [0.4, 0.5) is 0 Å². The Morgan fingerprint density at radius 2 is 2.40 bits per heavy atom. The average molecular weight is 217 g/mol. The summed E-state index contributed by atoms with van der Waals surface area (Å²) < 4.78 is 4.90. The summed E-state index contributed by atoms with van der Waals surface area (Å²) in [5, 5.41) is 17.8. The van der Waals surface area contributed by atoms with Gasteiger partial charge < -0.3 is 14.9 Å². The monoisotopic (exact) mass is 217 g/mol. The summed E-state index contributed by atoms with van der Waals surface area (Å²) in [6, 6.07) is -0.543. The molecule has 2 atom stereocenters. The first-order valence-electron chi connectivity index (χ1n) is 5.25. The summed E-state index contributed by atoms with van der Waals surface area (Å²) in [7, 11) is 1.51. The normalized spacial score (nSPS) is 24.3. The van der Waals surface area contributed by atoms with E-state index in [9.17, 15) is 4.79 Å². The molecule has 15 heavy (non-hydrogen) atoms. The molecule has 1 aliphatic rings. The van der Waals surface area contributed by atoms with Crippen LogP contribution in [0.2, 0.25) is 0 Å². The number of aliphatic carboxylic acids is 1. The maximum atomic E-state index is 11.0. The van der Waals surface area contributed by atoms with Gasteiger partial charge in [-0.2, -0.15) is 0 Å². The molecule has 1 heterocycles. The molecule has 0 amide bonds. The molecule has 0 bridgehead atoms. The number of aliphatic hydroxyl groups is 1. The average Bonchev–Trinajstić information content (AvgIpc) is 2.62. The highest BCUT2D eigenvalue weighted by Gasteiger charge is 2.31. The van der Waals surface area contributed by atoms with Crippen LogP contribution in [-0.4, -0.2) is 60.5 Å². The zero-order valence-corrected chi connectivity index (χ0v) is 9.06. The van der Waals surface area contributed by atoms with E-state index in [0.29, 0.717) is 5.92 Å². The molecule has 1 fully saturated rings. The van der Waals surface area contributed by atoms with E-state index in [4.69, 9.17) is 14.9 Å². The Hall–Kier alpha value is -0.650. The summed E-state index contributed by atoms with van der Waals surface area (Å²) in [5.74, 6) is -0.407. The number of nitrogens with zero attached hydrogens (tertiary/aromatic N) is 1. The Bertz CT molecular complexity index is 210. The first kappa shape index (κ1) is 12.4. The third-order valence-corrected chi connectivity index (χ3v) is 2.90. The number of aliphatic hydroxyl groups excluding tert-OH is 1. The van der Waals surface area contributed by atoms with Crippen molar-refractivity contribution in [1.29, 1.82) is 0 Å². The van der Waals surface area contributed by atoms with E-state index in [-0.39, 0.29) is 13.2 Å². The van der Waals surface area contributed by atoms with Crippen molar-refractivity contribution < 1.29 is 19.7 Å². The van der Waals surface area contributed by atoms with Crippen LogP contribution in [0.15, 0.2) is 0 Å². The maximum Gasteiger partial charge on any atom is 0.323 e. The molecular weight excluding hydrogens is 198 g/mol. The lowest BCUT2D eigenvalue weighted by Crippen LogP contribution is -2.42. The third kappa shape index (κ3) is 3.44. The first-order chi connectivity index (χ1) is 7.19. The maximum absolute atomic E-state index is 11.0. The van der Waals surface area contributed by atoms with Crippen molar-refractivity contribution in [3.05, 3.63) is 0 Å². The molecule has 0 radical (unpaired) electrons. The topological polar surface area (TPSA) is 70.0 Å². The molecule has 1 rings (SSSR count). The van der Waals surface area contributed by atoms with E-state index in [0.717, 1.165) is 25.9 Å². The van der Waals surface area contributed by atoms with Crippen LogP contribution >= 0.6 is 0 Å². The van der Waals surface area contributed by atoms with Gasteiger partial charge in [-0.25, -0.2) is 0 Å². The van der Waals surface area contributed by atoms with Crippen LogP contribution in [0.5, 0.6) is 0 Å². The van der Waals surface area contributed by atoms with E-state index in [1.807, 2.05) is 4.90 Å². The van der Waals surface area contributed by atoms with Crippen molar-refractivity contribution in [2.75, 3.05) is 33.4 Å². The van der Waals surface area contributed by atoms with Crippen LogP contribution < -0.4 is 0 Å². The number of ether oxygens (including phenoxy) is 1. The fourth-order valence-corrected chi connectivity index (χ4v) is 2.05. The summed E-state index contributed by atoms with van der Waals surface area (Å²) in [4.78, 5) is 12.9. The number of carboxylic acids is 1. The van der Waals surface area contributed by atoms with Crippen LogP contribution in [0.1, 0.15) is 12.8 Å². The SMILES string of the molecule is COCC(C(=O)O)N1CCC(CCO)C1. The molecule has 2 unspecified atom stereocenters. The van der Waals surface area contributed by atoms with Crippen molar-refractivity contribution in [2.24, 2.45) is 5.92 Å². The lowest BCUT2D eigenvalue weighted by atomic mass is 10.1. The highest BCUT2D eigenvalue weighted by molar-refractivity contribution is 5.73. The Morgan fingerprint density at radius 3 is 2.93 bits per heavy atom. The summed E-state index contributed by atoms with van der Waals surface area (Å²) in [6.45, 7) is 1.94. The molecule has 1 saturated heterocycles. The zero-order chi connectivity index (χ0) is 11.3. The van der Waals surface area contributed by atoms with Crippen molar-refractivity contribution in [1.82, 2.24) is 4.90 Å². The molecule has 0 spiro atoms. The van der Waals surface area contributed by atoms with Gasteiger partial charge in [-0.1, -0.05) is 0 Å². The smallest absolute Gasteiger partial charge is 0.323 e. The molecule has 0 aromatic heterocycles. The molecule has 2 N–H and O–H groups in total. The van der Waals surface area contributed by atoms with E-state index in [1.54, 1.807) is 0 Å². The van der Waals surface area contributed by atoms with Gasteiger partial charge >= 0.3 is 5.97 Å². The predicted molar refractivity (Wildman–Crippen MR) is 54.7 cm³/mol. The minimum absolute atomic E-state index is 0.181. The largest absolute Gasteiger partial charge is 0.480 e. The molecule has 0 aromatic rings. The van der Waals surface area contributed by atoms with E-state index in [2.05, 4.69) is 0 Å². The Balaban J connectivity index is 2.45. The fourth-order valence-electron chi connectivity index (χ4n) is 2.05. The van der Waals surface area contributed by atoms with Crippen LogP contribution in [0.25, 0.3) is 0 Å². The lowest BCUT2D eigenvalue weighted by Gasteiger charge is -2.23. The Kier molecular flexibility index (Phi) is 5.01. The number of carboxylic acid groups (broad SMARTS) is 1. The number of rotatable bonds is 6. The number of carbonyl (C=O) groups is 1. The highest BCUT2D eigenvalue weighted by Crippen LogP contribution is 2.21. The zero-order valence-electron chi connectivity index (χ0n) is 9.06. The van der Waals surface area contributed by atoms with Gasteiger partial charge in [0.15, 0.2) is 0 Å². The van der Waals surface area contributed by atoms with Gasteiger partial charge in [0.1, 0.15) is 6.04 Å². The van der Waals surface area contributed by atoms with Gasteiger partial charge in [0.2, 0.25) is 0 Å². The van der Waals surface area contributed by atoms with Crippen LogP contribution in [0.3, 0.4) is 0 Å². The molecule has 0 saturated carbocycles. The van der Waals surface area contributed by atoms with E-state index < -0.39 is 12.0 Å². The molecule has 1 aliphatic heterocycles. The predicted octanol–water partition coefficient (Wildman–Crippen LogP) is -0.210. The minimum atomic E-state index is -0.832. The second-order valence-electron chi connectivity index (χ2n) is 3.97. The van der Waals surface area contributed by atoms with Crippen molar-refractivity contribution in [3.63, 3.8) is 0 Å². The molecule has 5 nitrogen and oxygen atoms in total. The fraction of sp³-hybridized carbons (Fsp3) is 0.900. The molecule has 0 aromatic carbocycles. The molecule has 5 heteroatoms. The Labute approximate surface area is 89.6 Å². The molecule has 88 valence electrons. The number of methoxy groups -OCH3 is 1. The third-order valence-electron chi connectivity index (χ3n) is 2.90. The van der Waals surface area contributed by atoms with Gasteiger partial charge in [-0.3, -0.25) is 9.69 Å². The van der Waals surface area contributed by atoms with Gasteiger partial charge in [-0.05, 0) is 25.3 Å². The standard InChI is InChI=1S/C10H19NO4/c1-15-7-9(10(13)14)11-4-2-8(6-11)3-5-12/h8-9,12H,2-7H2,1H3,(H,13,14). The first-order valence-corrected chi connectivity index (χ1v) is 5.25. The minimum Gasteiger partial charge on any atom is -0.480 e. The van der Waals surface area contributed by atoms with Crippen LogP contribution in [0, 0.1) is 5.92 Å². The summed E-state index contributed by atoms with van der Waals surface area (Å²) in [5.41, 5.74) is 0. The van der Waals surface area contributed by atoms with E-state index >= 15 is 0 Å². The highest BCUT2D eigenvalue weighted by atomic mass is 16.5. The quantitative estimate of drug-likeness (QED) is 0.644. The van der Waals surface area contributed by atoms with Crippen molar-refractivity contribution in [2.45, 2.75) is 18.9 Å². The van der Waals surface area contributed by atoms with Gasteiger partial charge in [0.25, 0.3) is 0 Å². The second kappa shape index (κ2) is 6.05. The summed E-state index contributed by atoms with van der Waals surface area (Å²) in [6.07, 6.45) is 1.73. The summed E-state index contributed by atoms with van der Waals surface area (Å²) >= 11 is 0. The number of hydrogen-bond donors (Lipinski definition) is 2. The second-order valence-corrected chi connectivity index (χ2v) is 3.97. The van der Waals surface area contributed by atoms with Gasteiger partial charge in [-0.15, -0.1) is 0 Å². The lowest BCUT2D eigenvalue weighted by molar-refractivity contribution is -0.144. The number of hydrogen-bond acceptors (Lipinski definition) is 4. The van der Waals surface area contributed by atoms with Crippen molar-refractivity contribution in [3.8, 4) is 0 Å². The number of likely N-dealkylation sites (tertiary alicyclic amines) is 1. The van der Waals surface area contributed by atoms with E-state index in [1.165, 1.54) is 7.11 Å². The molecule has 0 aliphatic carbocycles. The Morgan fingerprint density at radius 1 is 1.67 bits per heavy atom. The van der Waals surface area contributed by atoms with Gasteiger partial charge in [0, 0.05) is 20.3 Å². The van der Waals surface area contributed by atoms with Gasteiger partial charge in [0.05, 0.1) is 6.61 Å². The molecular formula is C10H19NO4.